The third kappa shape index (κ3) is 4.10. The van der Waals surface area contributed by atoms with Gasteiger partial charge in [-0.15, -0.1) is 0 Å². The van der Waals surface area contributed by atoms with Crippen molar-refractivity contribution in [3.63, 3.8) is 0 Å². The number of fused-ring (bicyclic) bond motifs is 1. The monoisotopic (exact) mass is 437 g/mol. The lowest BCUT2D eigenvalue weighted by Gasteiger charge is -2.26. The summed E-state index contributed by atoms with van der Waals surface area (Å²) in [5.74, 6) is -0.811. The molecule has 0 aliphatic heterocycles. The van der Waals surface area contributed by atoms with Gasteiger partial charge in [-0.1, -0.05) is 25.3 Å². The molecule has 0 spiro atoms. The molecule has 0 saturated heterocycles. The summed E-state index contributed by atoms with van der Waals surface area (Å²) in [6.07, 6.45) is 5.90. The van der Waals surface area contributed by atoms with Crippen LogP contribution in [0.1, 0.15) is 59.9 Å². The number of aromatic nitrogens is 3. The molecule has 0 atom stereocenters. The van der Waals surface area contributed by atoms with Gasteiger partial charge in [0.25, 0.3) is 17.0 Å². The van der Waals surface area contributed by atoms with E-state index in [1.807, 2.05) is 19.9 Å². The molecule has 1 fully saturated rings. The molecule has 1 aliphatic rings. The average molecular weight is 438 g/mol. The summed E-state index contributed by atoms with van der Waals surface area (Å²) in [6.45, 7) is 3.69. The Balaban J connectivity index is 1.46. The maximum atomic E-state index is 12.8. The largest absolute Gasteiger partial charge is 0.345 e. The van der Waals surface area contributed by atoms with Crippen molar-refractivity contribution in [1.29, 1.82) is 0 Å². The molecular weight excluding hydrogens is 410 g/mol. The highest BCUT2D eigenvalue weighted by molar-refractivity contribution is 6.04. The number of H-pyrrole nitrogens is 2. The van der Waals surface area contributed by atoms with E-state index in [1.54, 1.807) is 6.07 Å². The summed E-state index contributed by atoms with van der Waals surface area (Å²) in [7, 11) is 0. The van der Waals surface area contributed by atoms with Crippen molar-refractivity contribution < 1.29 is 9.59 Å². The molecule has 32 heavy (non-hydrogen) atoms. The predicted molar refractivity (Wildman–Crippen MR) is 122 cm³/mol. The van der Waals surface area contributed by atoms with E-state index < -0.39 is 17.0 Å². The van der Waals surface area contributed by atoms with E-state index >= 15 is 0 Å². The molecule has 2 aromatic heterocycles. The van der Waals surface area contributed by atoms with Crippen LogP contribution in [0.25, 0.3) is 10.8 Å². The number of benzene rings is 1. The number of anilines is 1. The molecule has 0 unspecified atom stereocenters. The zero-order valence-electron chi connectivity index (χ0n) is 18.2. The molecule has 0 bridgehead atoms. The van der Waals surface area contributed by atoms with Crippen molar-refractivity contribution in [2.45, 2.75) is 52.0 Å². The maximum absolute atomic E-state index is 12.8. The van der Waals surface area contributed by atoms with Crippen molar-refractivity contribution in [3.05, 3.63) is 61.9 Å². The van der Waals surface area contributed by atoms with Crippen molar-refractivity contribution in [3.8, 4) is 0 Å². The van der Waals surface area contributed by atoms with Crippen LogP contribution in [0.15, 0.2) is 33.9 Å². The zero-order valence-corrected chi connectivity index (χ0v) is 18.2. The Morgan fingerprint density at radius 2 is 1.78 bits per heavy atom. The van der Waals surface area contributed by atoms with Gasteiger partial charge in [-0.2, -0.15) is 0 Å². The first-order chi connectivity index (χ1) is 15.4. The van der Waals surface area contributed by atoms with E-state index in [0.717, 1.165) is 24.2 Å². The van der Waals surface area contributed by atoms with E-state index in [1.165, 1.54) is 31.4 Å². The van der Waals surface area contributed by atoms with Crippen LogP contribution < -0.4 is 21.8 Å². The molecular formula is C23H27N5O4. The van der Waals surface area contributed by atoms with Gasteiger partial charge < -0.3 is 15.2 Å². The lowest BCUT2D eigenvalue weighted by Crippen LogP contribution is -2.33. The minimum Gasteiger partial charge on any atom is -0.345 e. The Kier molecular flexibility index (Phi) is 5.98. The molecule has 2 amide bonds. The molecule has 3 aromatic rings. The molecule has 1 aromatic carbocycles. The van der Waals surface area contributed by atoms with Gasteiger partial charge in [-0.25, -0.2) is 0 Å². The van der Waals surface area contributed by atoms with E-state index in [4.69, 9.17) is 0 Å². The number of aromatic amines is 2. The van der Waals surface area contributed by atoms with Gasteiger partial charge in [0, 0.05) is 17.4 Å². The maximum Gasteiger partial charge on any atom is 0.272 e. The molecule has 9 heteroatoms. The zero-order chi connectivity index (χ0) is 22.8. The first-order valence-corrected chi connectivity index (χ1v) is 10.9. The van der Waals surface area contributed by atoms with Crippen molar-refractivity contribution >= 4 is 28.3 Å². The molecule has 9 nitrogen and oxygen atoms in total. The second kappa shape index (κ2) is 8.86. The van der Waals surface area contributed by atoms with Crippen LogP contribution >= 0.6 is 0 Å². The van der Waals surface area contributed by atoms with Crippen LogP contribution in [-0.4, -0.2) is 33.1 Å². The number of rotatable bonds is 5. The van der Waals surface area contributed by atoms with Crippen LogP contribution in [0.4, 0.5) is 5.69 Å². The molecule has 4 N–H and O–H groups in total. The topological polar surface area (TPSA) is 129 Å². The highest BCUT2D eigenvalue weighted by atomic mass is 16.2. The van der Waals surface area contributed by atoms with E-state index in [9.17, 15) is 19.2 Å². The second-order valence-corrected chi connectivity index (χ2v) is 8.31. The highest BCUT2D eigenvalue weighted by Gasteiger charge is 2.23. The Hall–Kier alpha value is -3.62. The number of amides is 2. The molecule has 168 valence electrons. The molecule has 2 heterocycles. The number of carbonyl (C=O) groups excluding carboxylic acids is 2. The highest BCUT2D eigenvalue weighted by Crippen LogP contribution is 2.32. The smallest absolute Gasteiger partial charge is 0.272 e. The van der Waals surface area contributed by atoms with Crippen LogP contribution in [-0.2, 0) is 4.79 Å². The molecule has 0 radical (unpaired) electrons. The third-order valence-electron chi connectivity index (χ3n) is 6.18. The summed E-state index contributed by atoms with van der Waals surface area (Å²) < 4.78 is 2.24. The second-order valence-electron chi connectivity index (χ2n) is 8.31. The summed E-state index contributed by atoms with van der Waals surface area (Å²) >= 11 is 0. The van der Waals surface area contributed by atoms with Gasteiger partial charge in [0.15, 0.2) is 0 Å². The van der Waals surface area contributed by atoms with Gasteiger partial charge in [-0.3, -0.25) is 29.4 Å². The van der Waals surface area contributed by atoms with Gasteiger partial charge in [0.05, 0.1) is 28.6 Å². The number of hydrogen-bond donors (Lipinski definition) is 4. The van der Waals surface area contributed by atoms with Crippen molar-refractivity contribution in [2.24, 2.45) is 0 Å². The van der Waals surface area contributed by atoms with Crippen LogP contribution in [0.3, 0.4) is 0 Å². The van der Waals surface area contributed by atoms with Gasteiger partial charge in [0.1, 0.15) is 0 Å². The number of nitrogens with one attached hydrogen (secondary N) is 4. The first-order valence-electron chi connectivity index (χ1n) is 10.9. The van der Waals surface area contributed by atoms with Gasteiger partial charge in [0.2, 0.25) is 5.91 Å². The van der Waals surface area contributed by atoms with Gasteiger partial charge >= 0.3 is 0 Å². The summed E-state index contributed by atoms with van der Waals surface area (Å²) in [5, 5.41) is 10.0. The Morgan fingerprint density at radius 3 is 2.53 bits per heavy atom. The normalized spacial score (nSPS) is 14.4. The molecule has 1 saturated carbocycles. The minimum absolute atomic E-state index is 0.0898. The summed E-state index contributed by atoms with van der Waals surface area (Å²) in [5.41, 5.74) is 1.75. The lowest BCUT2D eigenvalue weighted by molar-refractivity contribution is -0.115. The predicted octanol–water partition coefficient (Wildman–Crippen LogP) is 2.51. The fraction of sp³-hybridized carbons (Fsp3) is 0.391. The number of hydrogen-bond acceptors (Lipinski definition) is 4. The van der Waals surface area contributed by atoms with Crippen LogP contribution in [0.2, 0.25) is 0 Å². The Morgan fingerprint density at radius 1 is 1.06 bits per heavy atom. The Labute approximate surface area is 184 Å². The van der Waals surface area contributed by atoms with Crippen molar-refractivity contribution in [1.82, 2.24) is 20.1 Å². The van der Waals surface area contributed by atoms with E-state index in [0.29, 0.717) is 11.6 Å². The SMILES string of the molecule is Cc1cc(C(=O)NCC(=O)Nc2cccc3c(=O)[nH][nH]c(=O)c23)c(C)n1C1CCCCC1. The van der Waals surface area contributed by atoms with E-state index in [2.05, 4.69) is 25.4 Å². The number of aryl methyl sites for hydroxylation is 1. The fourth-order valence-electron chi connectivity index (χ4n) is 4.69. The van der Waals surface area contributed by atoms with E-state index in [-0.39, 0.29) is 28.9 Å². The quantitative estimate of drug-likeness (QED) is 0.489. The van der Waals surface area contributed by atoms with Crippen molar-refractivity contribution in [2.75, 3.05) is 11.9 Å². The molecule has 4 rings (SSSR count). The first kappa shape index (κ1) is 21.6. The van der Waals surface area contributed by atoms with Crippen LogP contribution in [0.5, 0.6) is 0 Å². The standard InChI is InChI=1S/C23H27N5O4/c1-13-11-17(14(2)28(13)15-7-4-3-5-8-15)21(30)24-12-19(29)25-18-10-6-9-16-20(18)23(32)27-26-22(16)31/h6,9-11,15H,3-5,7-8,12H2,1-2H3,(H,24,30)(H,25,29)(H,26,31)(H,27,32). The number of nitrogens with zero attached hydrogens (tertiary/aromatic N) is 1. The third-order valence-corrected chi connectivity index (χ3v) is 6.18. The summed E-state index contributed by atoms with van der Waals surface area (Å²) in [6, 6.07) is 6.90. The fourth-order valence-corrected chi connectivity index (χ4v) is 4.69. The number of carbonyl (C=O) groups is 2. The average Bonchev–Trinajstić information content (AvgIpc) is 3.09. The van der Waals surface area contributed by atoms with Crippen LogP contribution in [0, 0.1) is 13.8 Å². The minimum atomic E-state index is -0.519. The van der Waals surface area contributed by atoms with Gasteiger partial charge in [-0.05, 0) is 44.9 Å². The summed E-state index contributed by atoms with van der Waals surface area (Å²) in [4.78, 5) is 49.3. The lowest BCUT2D eigenvalue weighted by atomic mass is 9.95. The molecule has 1 aliphatic carbocycles. The Bertz CT molecular complexity index is 1290.